The molecule has 2 heterocycles. The van der Waals surface area contributed by atoms with Gasteiger partial charge in [0.25, 0.3) is 5.56 Å². The van der Waals surface area contributed by atoms with Crippen molar-refractivity contribution >= 4 is 11.2 Å². The number of fused-ring (bicyclic) bond motifs is 1. The zero-order valence-electron chi connectivity index (χ0n) is 10.6. The highest BCUT2D eigenvalue weighted by Crippen LogP contribution is 2.17. The molecule has 2 aromatic heterocycles. The zero-order chi connectivity index (χ0) is 13.2. The molecule has 5 heteroatoms. The van der Waals surface area contributed by atoms with E-state index in [2.05, 4.69) is 34.0 Å². The van der Waals surface area contributed by atoms with Gasteiger partial charge < -0.3 is 9.55 Å². The average Bonchev–Trinajstić information content (AvgIpc) is 2.85. The number of hydrogen-bond acceptors (Lipinski definition) is 3. The van der Waals surface area contributed by atoms with Crippen molar-refractivity contribution in [3.05, 3.63) is 58.9 Å². The van der Waals surface area contributed by atoms with Gasteiger partial charge in [0.15, 0.2) is 11.2 Å². The van der Waals surface area contributed by atoms with Crippen LogP contribution in [0.15, 0.2) is 47.8 Å². The largest absolute Gasteiger partial charge is 0.312 e. The van der Waals surface area contributed by atoms with Crippen LogP contribution >= 0.6 is 0 Å². The summed E-state index contributed by atoms with van der Waals surface area (Å²) in [5.41, 5.74) is 2.08. The zero-order valence-corrected chi connectivity index (χ0v) is 10.6. The van der Waals surface area contributed by atoms with Crippen molar-refractivity contribution in [2.45, 2.75) is 19.4 Å². The molecular weight excluding hydrogens is 240 g/mol. The standard InChI is InChI=1S/C14H14N4O/c1-10(7-11-5-3-2-4-6-11)18-9-17-12-13(18)15-8-16-14(12)19/h2-6,8-10H,7H2,1H3,(H,15,16,19)/t10-/m1/s1. The van der Waals surface area contributed by atoms with Gasteiger partial charge in [-0.1, -0.05) is 30.3 Å². The van der Waals surface area contributed by atoms with E-state index in [1.54, 1.807) is 6.33 Å². The highest BCUT2D eigenvalue weighted by Gasteiger charge is 2.12. The lowest BCUT2D eigenvalue weighted by molar-refractivity contribution is 0.555. The Bertz CT molecular complexity index is 745. The molecule has 1 N–H and O–H groups in total. The van der Waals surface area contributed by atoms with Crippen LogP contribution in [0.25, 0.3) is 11.2 Å². The molecule has 3 rings (SSSR count). The number of hydrogen-bond donors (Lipinski definition) is 1. The van der Waals surface area contributed by atoms with Crippen molar-refractivity contribution in [3.63, 3.8) is 0 Å². The van der Waals surface area contributed by atoms with Gasteiger partial charge in [0, 0.05) is 6.04 Å². The molecule has 5 nitrogen and oxygen atoms in total. The summed E-state index contributed by atoms with van der Waals surface area (Å²) in [6.45, 7) is 2.09. The molecular formula is C14H14N4O. The number of imidazole rings is 1. The van der Waals surface area contributed by atoms with E-state index in [0.717, 1.165) is 6.42 Å². The molecule has 0 amide bonds. The van der Waals surface area contributed by atoms with Crippen molar-refractivity contribution < 1.29 is 0 Å². The van der Waals surface area contributed by atoms with Crippen LogP contribution < -0.4 is 5.56 Å². The molecule has 0 unspecified atom stereocenters. The number of aromatic nitrogens is 4. The summed E-state index contributed by atoms with van der Waals surface area (Å²) in [5, 5.41) is 0. The van der Waals surface area contributed by atoms with Crippen LogP contribution in [0.3, 0.4) is 0 Å². The normalized spacial score (nSPS) is 12.7. The van der Waals surface area contributed by atoms with Gasteiger partial charge in [-0.05, 0) is 18.9 Å². The monoisotopic (exact) mass is 254 g/mol. The van der Waals surface area contributed by atoms with E-state index in [9.17, 15) is 4.79 Å². The van der Waals surface area contributed by atoms with Crippen LogP contribution in [0.4, 0.5) is 0 Å². The highest BCUT2D eigenvalue weighted by molar-refractivity contribution is 5.68. The summed E-state index contributed by atoms with van der Waals surface area (Å²) in [6, 6.07) is 10.4. The van der Waals surface area contributed by atoms with Crippen molar-refractivity contribution in [1.82, 2.24) is 19.5 Å². The summed E-state index contributed by atoms with van der Waals surface area (Å²) in [5.74, 6) is 0. The first-order valence-electron chi connectivity index (χ1n) is 6.20. The molecule has 0 aliphatic heterocycles. The minimum atomic E-state index is -0.198. The van der Waals surface area contributed by atoms with E-state index < -0.39 is 0 Å². The third kappa shape index (κ3) is 2.14. The Morgan fingerprint density at radius 2 is 2.05 bits per heavy atom. The molecule has 96 valence electrons. The van der Waals surface area contributed by atoms with E-state index in [4.69, 9.17) is 0 Å². The van der Waals surface area contributed by atoms with Gasteiger partial charge >= 0.3 is 0 Å². The fraction of sp³-hybridized carbons (Fsp3) is 0.214. The maximum Gasteiger partial charge on any atom is 0.278 e. The van der Waals surface area contributed by atoms with E-state index in [-0.39, 0.29) is 11.6 Å². The first kappa shape index (κ1) is 11.6. The van der Waals surface area contributed by atoms with Crippen molar-refractivity contribution in [3.8, 4) is 0 Å². The Labute approximate surface area is 110 Å². The highest BCUT2D eigenvalue weighted by atomic mass is 16.1. The third-order valence-corrected chi connectivity index (χ3v) is 3.21. The molecule has 1 atom stereocenters. The molecule has 0 aliphatic rings. The number of rotatable bonds is 3. The quantitative estimate of drug-likeness (QED) is 0.776. The van der Waals surface area contributed by atoms with Gasteiger partial charge in [-0.25, -0.2) is 9.97 Å². The summed E-state index contributed by atoms with van der Waals surface area (Å²) in [4.78, 5) is 22.5. The van der Waals surface area contributed by atoms with Crippen LogP contribution in [0, 0.1) is 0 Å². The van der Waals surface area contributed by atoms with Gasteiger partial charge in [0.05, 0.1) is 12.7 Å². The summed E-state index contributed by atoms with van der Waals surface area (Å²) in [6.07, 6.45) is 3.97. The smallest absolute Gasteiger partial charge is 0.278 e. The lowest BCUT2D eigenvalue weighted by Gasteiger charge is -2.13. The second-order valence-corrected chi connectivity index (χ2v) is 4.59. The molecule has 3 aromatic rings. The van der Waals surface area contributed by atoms with E-state index >= 15 is 0 Å². The van der Waals surface area contributed by atoms with Gasteiger partial charge in [-0.2, -0.15) is 0 Å². The topological polar surface area (TPSA) is 63.6 Å². The summed E-state index contributed by atoms with van der Waals surface area (Å²) in [7, 11) is 0. The molecule has 0 spiro atoms. The predicted octanol–water partition coefficient (Wildman–Crippen LogP) is 1.92. The Morgan fingerprint density at radius 3 is 2.84 bits per heavy atom. The van der Waals surface area contributed by atoms with Crippen molar-refractivity contribution in [2.24, 2.45) is 0 Å². The van der Waals surface area contributed by atoms with E-state index in [1.807, 2.05) is 22.8 Å². The maximum absolute atomic E-state index is 11.6. The second-order valence-electron chi connectivity index (χ2n) is 4.59. The van der Waals surface area contributed by atoms with Crippen LogP contribution in [0.2, 0.25) is 0 Å². The summed E-state index contributed by atoms with van der Waals surface area (Å²) >= 11 is 0. The maximum atomic E-state index is 11.6. The number of aromatic amines is 1. The number of H-pyrrole nitrogens is 1. The van der Waals surface area contributed by atoms with Gasteiger partial charge in [-0.3, -0.25) is 4.79 Å². The van der Waals surface area contributed by atoms with Crippen LogP contribution in [-0.4, -0.2) is 19.5 Å². The van der Waals surface area contributed by atoms with E-state index in [1.165, 1.54) is 11.9 Å². The Kier molecular flexibility index (Phi) is 2.87. The average molecular weight is 254 g/mol. The van der Waals surface area contributed by atoms with Crippen molar-refractivity contribution in [1.29, 1.82) is 0 Å². The minimum absolute atomic E-state index is 0.196. The summed E-state index contributed by atoms with van der Waals surface area (Å²) < 4.78 is 1.94. The molecule has 0 bridgehead atoms. The molecule has 0 radical (unpaired) electrons. The molecule has 0 fully saturated rings. The molecule has 0 aliphatic carbocycles. The molecule has 0 saturated heterocycles. The SMILES string of the molecule is C[C@H](Cc1ccccc1)n1cnc2c(=O)[nH]cnc21. The van der Waals surface area contributed by atoms with Crippen LogP contribution in [0.5, 0.6) is 0 Å². The van der Waals surface area contributed by atoms with Crippen molar-refractivity contribution in [2.75, 3.05) is 0 Å². The fourth-order valence-corrected chi connectivity index (χ4v) is 2.24. The minimum Gasteiger partial charge on any atom is -0.312 e. The number of benzene rings is 1. The predicted molar refractivity (Wildman–Crippen MR) is 73.0 cm³/mol. The van der Waals surface area contributed by atoms with Gasteiger partial charge in [0.1, 0.15) is 0 Å². The van der Waals surface area contributed by atoms with Crippen LogP contribution in [0.1, 0.15) is 18.5 Å². The second kappa shape index (κ2) is 4.68. The lowest BCUT2D eigenvalue weighted by Crippen LogP contribution is -2.11. The molecule has 19 heavy (non-hydrogen) atoms. The number of nitrogens with zero attached hydrogens (tertiary/aromatic N) is 3. The van der Waals surface area contributed by atoms with Gasteiger partial charge in [-0.15, -0.1) is 0 Å². The molecule has 0 saturated carbocycles. The Hall–Kier alpha value is -2.43. The third-order valence-electron chi connectivity index (χ3n) is 3.21. The fourth-order valence-electron chi connectivity index (χ4n) is 2.24. The lowest BCUT2D eigenvalue weighted by atomic mass is 10.1. The first-order valence-corrected chi connectivity index (χ1v) is 6.20. The van der Waals surface area contributed by atoms with E-state index in [0.29, 0.717) is 11.2 Å². The Balaban J connectivity index is 1.96. The number of nitrogens with one attached hydrogen (secondary N) is 1. The first-order chi connectivity index (χ1) is 9.25. The van der Waals surface area contributed by atoms with Crippen LogP contribution in [-0.2, 0) is 6.42 Å². The van der Waals surface area contributed by atoms with Gasteiger partial charge in [0.2, 0.25) is 0 Å². The molecule has 1 aromatic carbocycles. The Morgan fingerprint density at radius 1 is 1.26 bits per heavy atom.